The van der Waals surface area contributed by atoms with Crippen LogP contribution >= 0.6 is 11.3 Å². The second-order valence-corrected chi connectivity index (χ2v) is 14.9. The van der Waals surface area contributed by atoms with Crippen LogP contribution in [0.3, 0.4) is 0 Å². The first-order valence-corrected chi connectivity index (χ1v) is 18.9. The molecule has 0 saturated carbocycles. The molecule has 13 nitrogen and oxygen atoms in total. The molecule has 1 fully saturated rings. The molecule has 4 N–H and O–H groups in total. The molecule has 288 valence electrons. The van der Waals surface area contributed by atoms with Crippen LogP contribution in [-0.2, 0) is 46.4 Å². The lowest BCUT2D eigenvalue weighted by Crippen LogP contribution is -2.57. The molecule has 2 aromatic carbocycles. The maximum absolute atomic E-state index is 13.8. The molecule has 0 unspecified atom stereocenters. The van der Waals surface area contributed by atoms with E-state index in [1.54, 1.807) is 11.3 Å². The second-order valence-electron chi connectivity index (χ2n) is 14.0. The summed E-state index contributed by atoms with van der Waals surface area (Å²) in [5.41, 5.74) is 5.03. The summed E-state index contributed by atoms with van der Waals surface area (Å²) < 4.78 is 16.5. The number of nitrogens with one attached hydrogen (secondary N) is 3. The average Bonchev–Trinajstić information content (AvgIpc) is 3.75. The Morgan fingerprint density at radius 2 is 1.55 bits per heavy atom. The van der Waals surface area contributed by atoms with Gasteiger partial charge in [-0.25, -0.2) is 4.98 Å². The highest BCUT2D eigenvalue weighted by Crippen LogP contribution is 2.28. The van der Waals surface area contributed by atoms with E-state index in [4.69, 9.17) is 14.2 Å². The summed E-state index contributed by atoms with van der Waals surface area (Å²) in [7, 11) is 0. The summed E-state index contributed by atoms with van der Waals surface area (Å²) in [6, 6.07) is 15.6. The molecule has 0 radical (unpaired) electrons. The van der Waals surface area contributed by atoms with Crippen molar-refractivity contribution in [3.05, 3.63) is 76.9 Å². The van der Waals surface area contributed by atoms with Gasteiger partial charge in [-0.1, -0.05) is 75.4 Å². The number of aryl methyl sites for hydroxylation is 1. The van der Waals surface area contributed by atoms with Crippen molar-refractivity contribution in [3.63, 3.8) is 0 Å². The molecule has 1 saturated heterocycles. The van der Waals surface area contributed by atoms with Crippen LogP contribution < -0.4 is 16.0 Å². The lowest BCUT2D eigenvalue weighted by atomic mass is 9.85. The first-order valence-electron chi connectivity index (χ1n) is 18.0. The summed E-state index contributed by atoms with van der Waals surface area (Å²) in [6.45, 7) is 10.0. The number of carbonyl (C=O) groups is 4. The molecule has 0 spiro atoms. The van der Waals surface area contributed by atoms with E-state index in [0.29, 0.717) is 39.4 Å². The van der Waals surface area contributed by atoms with E-state index < -0.39 is 29.5 Å². The Kier molecular flexibility index (Phi) is 16.4. The number of hydrogen-bond donors (Lipinski definition) is 4. The van der Waals surface area contributed by atoms with E-state index in [1.807, 2.05) is 87.8 Å². The second kappa shape index (κ2) is 20.9. The van der Waals surface area contributed by atoms with Gasteiger partial charge >= 0.3 is 0 Å². The topological polar surface area (TPSA) is 168 Å². The van der Waals surface area contributed by atoms with Crippen molar-refractivity contribution in [3.8, 4) is 10.4 Å². The van der Waals surface area contributed by atoms with Crippen LogP contribution in [0.5, 0.6) is 0 Å². The number of ether oxygens (including phenoxy) is 3. The first-order chi connectivity index (χ1) is 25.4. The number of likely N-dealkylation sites (tertiary alicyclic amines) is 1. The highest BCUT2D eigenvalue weighted by molar-refractivity contribution is 7.13. The van der Waals surface area contributed by atoms with Crippen molar-refractivity contribution in [1.82, 2.24) is 25.8 Å². The fourth-order valence-corrected chi connectivity index (χ4v) is 6.64. The summed E-state index contributed by atoms with van der Waals surface area (Å²) in [4.78, 5) is 58.8. The van der Waals surface area contributed by atoms with E-state index in [9.17, 15) is 24.3 Å². The smallest absolute Gasteiger partial charge is 0.246 e. The molecular weight excluding hydrogens is 699 g/mol. The number of nitrogens with zero attached hydrogens (tertiary/aromatic N) is 2. The Hall–Kier alpha value is -4.21. The van der Waals surface area contributed by atoms with Gasteiger partial charge in [-0.3, -0.25) is 19.2 Å². The van der Waals surface area contributed by atoms with Gasteiger partial charge in [0.2, 0.25) is 23.6 Å². The Morgan fingerprint density at radius 3 is 2.19 bits per heavy atom. The molecule has 1 aromatic heterocycles. The quantitative estimate of drug-likeness (QED) is 0.127. The SMILES string of the molecule is Cc1ncsc1-c1ccc(CNC(=O)[C@@H]2C[C@@H](O)CN2C(=O)[C@@H](NC(=O)CCOCCOCCOCCNC(=O)Cc2ccccc2)C(C)(C)C)cc1. The van der Waals surface area contributed by atoms with Crippen LogP contribution in [0.15, 0.2) is 60.1 Å². The third-order valence-electron chi connectivity index (χ3n) is 8.70. The maximum Gasteiger partial charge on any atom is 0.246 e. The number of aliphatic hydroxyl groups is 1. The molecule has 1 aliphatic heterocycles. The number of hydrogen-bond acceptors (Lipinski definition) is 10. The van der Waals surface area contributed by atoms with Gasteiger partial charge in [0.25, 0.3) is 0 Å². The lowest BCUT2D eigenvalue weighted by Gasteiger charge is -2.35. The van der Waals surface area contributed by atoms with Gasteiger partial charge in [0.15, 0.2) is 0 Å². The number of aromatic nitrogens is 1. The predicted molar refractivity (Wildman–Crippen MR) is 202 cm³/mol. The number of carbonyl (C=O) groups excluding carboxylic acids is 4. The van der Waals surface area contributed by atoms with Gasteiger partial charge in [0.05, 0.1) is 68.2 Å². The van der Waals surface area contributed by atoms with E-state index in [0.717, 1.165) is 27.3 Å². The fraction of sp³-hybridized carbons (Fsp3) is 0.513. The fourth-order valence-electron chi connectivity index (χ4n) is 5.83. The van der Waals surface area contributed by atoms with Crippen molar-refractivity contribution in [2.75, 3.05) is 52.7 Å². The number of benzene rings is 2. The van der Waals surface area contributed by atoms with Crippen molar-refractivity contribution in [1.29, 1.82) is 0 Å². The van der Waals surface area contributed by atoms with E-state index in [1.165, 1.54) is 4.90 Å². The summed E-state index contributed by atoms with van der Waals surface area (Å²) in [5, 5.41) is 19.1. The van der Waals surface area contributed by atoms with Crippen molar-refractivity contribution < 1.29 is 38.5 Å². The Labute approximate surface area is 315 Å². The number of aliphatic hydroxyl groups excluding tert-OH is 1. The van der Waals surface area contributed by atoms with E-state index in [-0.39, 0.29) is 56.9 Å². The van der Waals surface area contributed by atoms with Gasteiger partial charge in [0, 0.05) is 32.5 Å². The lowest BCUT2D eigenvalue weighted by molar-refractivity contribution is -0.144. The monoisotopic (exact) mass is 751 g/mol. The molecule has 0 aliphatic carbocycles. The number of amides is 4. The zero-order chi connectivity index (χ0) is 38.2. The minimum atomic E-state index is -0.918. The summed E-state index contributed by atoms with van der Waals surface area (Å²) >= 11 is 1.57. The zero-order valence-electron chi connectivity index (χ0n) is 31.1. The molecule has 14 heteroatoms. The molecular formula is C39H53N5O8S. The number of rotatable bonds is 20. The Bertz CT molecular complexity index is 1610. The normalized spacial score (nSPS) is 16.3. The predicted octanol–water partition coefficient (Wildman–Crippen LogP) is 3.03. The summed E-state index contributed by atoms with van der Waals surface area (Å²) in [5.74, 6) is -1.19. The largest absolute Gasteiger partial charge is 0.391 e. The molecule has 4 amide bonds. The standard InChI is InChI=1S/C39H53N5O8S/c1-27-35(53-26-42-27)30-12-10-29(11-13-30)24-41-37(48)32-23-31(45)25-44(32)38(49)36(39(2,3)4)43-33(46)14-16-50-18-20-52-21-19-51-17-15-40-34(47)22-28-8-6-5-7-9-28/h5-13,26,31-32,36,45H,14-25H2,1-4H3,(H,40,47)(H,41,48)(H,43,46)/t31-,32+,36-/m1/s1. The average molecular weight is 752 g/mol. The molecule has 53 heavy (non-hydrogen) atoms. The molecule has 4 rings (SSSR count). The first kappa shape index (κ1) is 41.5. The van der Waals surface area contributed by atoms with Gasteiger partial charge in [-0.15, -0.1) is 11.3 Å². The van der Waals surface area contributed by atoms with Crippen LogP contribution in [0.1, 0.15) is 50.4 Å². The number of thiazole rings is 1. The van der Waals surface area contributed by atoms with Gasteiger partial charge in [0.1, 0.15) is 12.1 Å². The molecule has 3 atom stereocenters. The molecule has 1 aliphatic rings. The van der Waals surface area contributed by atoms with Crippen molar-refractivity contribution in [2.24, 2.45) is 5.41 Å². The van der Waals surface area contributed by atoms with Crippen LogP contribution in [0, 0.1) is 12.3 Å². The van der Waals surface area contributed by atoms with Gasteiger partial charge in [-0.2, -0.15) is 0 Å². The van der Waals surface area contributed by atoms with Gasteiger partial charge in [-0.05, 0) is 29.0 Å². The Morgan fingerprint density at radius 1 is 0.887 bits per heavy atom. The third kappa shape index (κ3) is 13.6. The van der Waals surface area contributed by atoms with Crippen molar-refractivity contribution >= 4 is 35.0 Å². The minimum absolute atomic E-state index is 0.00172. The highest BCUT2D eigenvalue weighted by atomic mass is 32.1. The molecule has 2 heterocycles. The van der Waals surface area contributed by atoms with Crippen LogP contribution in [0.4, 0.5) is 0 Å². The maximum atomic E-state index is 13.8. The summed E-state index contributed by atoms with van der Waals surface area (Å²) in [6.07, 6.45) is -0.375. The van der Waals surface area contributed by atoms with E-state index >= 15 is 0 Å². The van der Waals surface area contributed by atoms with Crippen molar-refractivity contribution in [2.45, 2.75) is 71.7 Å². The molecule has 3 aromatic rings. The number of β-amino-alcohol motifs (C(OH)–C–C–N with tert-alkyl or cyclic N) is 1. The zero-order valence-corrected chi connectivity index (χ0v) is 31.9. The van der Waals surface area contributed by atoms with Crippen LogP contribution in [0.2, 0.25) is 0 Å². The minimum Gasteiger partial charge on any atom is -0.391 e. The molecule has 0 bridgehead atoms. The van der Waals surface area contributed by atoms with Crippen LogP contribution in [-0.4, -0.2) is 110 Å². The Balaban J connectivity index is 1.11. The van der Waals surface area contributed by atoms with Gasteiger partial charge < -0.3 is 40.2 Å². The van der Waals surface area contributed by atoms with E-state index in [2.05, 4.69) is 20.9 Å². The third-order valence-corrected chi connectivity index (χ3v) is 9.68. The highest BCUT2D eigenvalue weighted by Gasteiger charge is 2.44. The van der Waals surface area contributed by atoms with Crippen LogP contribution in [0.25, 0.3) is 10.4 Å².